The van der Waals surface area contributed by atoms with Crippen molar-refractivity contribution in [1.82, 2.24) is 0 Å². The summed E-state index contributed by atoms with van der Waals surface area (Å²) in [6.45, 7) is 4.46. The van der Waals surface area contributed by atoms with Crippen molar-refractivity contribution in [1.29, 1.82) is 0 Å². The fourth-order valence-corrected chi connectivity index (χ4v) is 6.34. The summed E-state index contributed by atoms with van der Waals surface area (Å²) in [5, 5.41) is 3.11. The molecule has 0 bridgehead atoms. The molecule has 1 aromatic carbocycles. The molecule has 2 nitrogen and oxygen atoms in total. The first-order valence-electron chi connectivity index (χ1n) is 9.03. The number of hydrogen-bond acceptors (Lipinski definition) is 3. The van der Waals surface area contributed by atoms with E-state index < -0.39 is 0 Å². The zero-order chi connectivity index (χ0) is 17.4. The number of nitrogens with one attached hydrogen (secondary N) is 1. The molecule has 1 aliphatic heterocycles. The molecule has 130 valence electrons. The highest BCUT2D eigenvalue weighted by molar-refractivity contribution is 8.03. The van der Waals surface area contributed by atoms with Gasteiger partial charge in [-0.2, -0.15) is 0 Å². The zero-order valence-electron chi connectivity index (χ0n) is 14.7. The Morgan fingerprint density at radius 1 is 1.28 bits per heavy atom. The Bertz CT molecular complexity index is 850. The van der Waals surface area contributed by atoms with E-state index in [2.05, 4.69) is 31.3 Å². The molecule has 0 spiro atoms. The van der Waals surface area contributed by atoms with Gasteiger partial charge in [0, 0.05) is 21.2 Å². The predicted molar refractivity (Wildman–Crippen MR) is 109 cm³/mol. The van der Waals surface area contributed by atoms with E-state index >= 15 is 0 Å². The van der Waals surface area contributed by atoms with Crippen LogP contribution < -0.4 is 5.32 Å². The van der Waals surface area contributed by atoms with Crippen LogP contribution >= 0.6 is 23.1 Å². The molecule has 0 fully saturated rings. The maximum atomic E-state index is 12.7. The fraction of sp³-hybridized carbons (Fsp3) is 0.381. The Morgan fingerprint density at radius 3 is 2.96 bits per heavy atom. The van der Waals surface area contributed by atoms with Crippen LogP contribution in [0.4, 0.5) is 5.69 Å². The molecular formula is C21H23NOS2. The van der Waals surface area contributed by atoms with Crippen molar-refractivity contribution in [2.24, 2.45) is 5.92 Å². The number of fused-ring (bicyclic) bond motifs is 3. The van der Waals surface area contributed by atoms with Gasteiger partial charge < -0.3 is 5.32 Å². The monoisotopic (exact) mass is 369 g/mol. The molecule has 25 heavy (non-hydrogen) atoms. The summed E-state index contributed by atoms with van der Waals surface area (Å²) in [6, 6.07) is 8.06. The summed E-state index contributed by atoms with van der Waals surface area (Å²) < 4.78 is 0. The van der Waals surface area contributed by atoms with Gasteiger partial charge in [-0.1, -0.05) is 32.0 Å². The van der Waals surface area contributed by atoms with E-state index in [1.165, 1.54) is 35.3 Å². The number of anilines is 1. The first-order valence-corrected chi connectivity index (χ1v) is 10.8. The van der Waals surface area contributed by atoms with Gasteiger partial charge >= 0.3 is 0 Å². The Kier molecular flexibility index (Phi) is 4.74. The van der Waals surface area contributed by atoms with Gasteiger partial charge in [0.05, 0.1) is 4.91 Å². The van der Waals surface area contributed by atoms with Crippen LogP contribution in [0.5, 0.6) is 0 Å². The number of aryl methyl sites for hydroxylation is 1. The van der Waals surface area contributed by atoms with Gasteiger partial charge in [0.15, 0.2) is 0 Å². The number of amides is 1. The van der Waals surface area contributed by atoms with E-state index in [4.69, 9.17) is 0 Å². The lowest BCUT2D eigenvalue weighted by Gasteiger charge is -2.20. The van der Waals surface area contributed by atoms with E-state index in [9.17, 15) is 4.79 Å². The maximum absolute atomic E-state index is 12.7. The molecule has 1 atom stereocenters. The van der Waals surface area contributed by atoms with E-state index in [-0.39, 0.29) is 5.91 Å². The second kappa shape index (κ2) is 7.00. The lowest BCUT2D eigenvalue weighted by Crippen LogP contribution is -2.15. The third kappa shape index (κ3) is 3.30. The van der Waals surface area contributed by atoms with Gasteiger partial charge in [-0.05, 0) is 60.4 Å². The summed E-state index contributed by atoms with van der Waals surface area (Å²) in [4.78, 5) is 16.4. The van der Waals surface area contributed by atoms with E-state index in [0.717, 1.165) is 28.7 Å². The lowest BCUT2D eigenvalue weighted by atomic mass is 9.88. The van der Waals surface area contributed by atoms with Crippen LogP contribution in [0.15, 0.2) is 29.2 Å². The molecule has 1 amide bonds. The Morgan fingerprint density at radius 2 is 2.12 bits per heavy atom. The van der Waals surface area contributed by atoms with Crippen LogP contribution in [0.2, 0.25) is 0 Å². The number of carbonyl (C=O) groups excluding carboxylic acids is 1. The maximum Gasteiger partial charge on any atom is 0.262 e. The number of rotatable bonds is 3. The van der Waals surface area contributed by atoms with E-state index in [1.54, 1.807) is 22.2 Å². The highest BCUT2D eigenvalue weighted by atomic mass is 32.2. The Hall–Kier alpha value is -1.52. The van der Waals surface area contributed by atoms with Crippen LogP contribution in [-0.2, 0) is 29.8 Å². The SMILES string of the molecule is CCc1ccccc1NC(=O)C1=Cc2sc3c(c2CS1)CCC(C)C3. The minimum Gasteiger partial charge on any atom is -0.321 e. The van der Waals surface area contributed by atoms with E-state index in [0.29, 0.717) is 0 Å². The number of thioether (sulfide) groups is 1. The molecule has 2 aliphatic rings. The highest BCUT2D eigenvalue weighted by Crippen LogP contribution is 2.43. The largest absolute Gasteiger partial charge is 0.321 e. The standard InChI is InChI=1S/C21H23NOS2/c1-3-14-6-4-5-7-17(14)22-21(23)20-11-19-16(12-24-20)15-9-8-13(2)10-18(15)25-19/h4-7,11,13H,3,8-10,12H2,1-2H3,(H,22,23). The number of benzene rings is 1. The van der Waals surface area contributed by atoms with Crippen LogP contribution in [0.1, 0.15) is 46.7 Å². The van der Waals surface area contributed by atoms with Gasteiger partial charge in [0.1, 0.15) is 0 Å². The van der Waals surface area contributed by atoms with Crippen molar-refractivity contribution in [3.8, 4) is 0 Å². The summed E-state index contributed by atoms with van der Waals surface area (Å²) in [5.41, 5.74) is 5.18. The second-order valence-corrected chi connectivity index (χ2v) is 9.11. The average Bonchev–Trinajstić information content (AvgIpc) is 2.98. The molecule has 2 aromatic rings. The summed E-state index contributed by atoms with van der Waals surface area (Å²) in [5.74, 6) is 1.75. The molecule has 0 saturated carbocycles. The van der Waals surface area contributed by atoms with Crippen molar-refractivity contribution in [2.45, 2.75) is 45.3 Å². The minimum absolute atomic E-state index is 0.0243. The normalized spacial score (nSPS) is 19.0. The van der Waals surface area contributed by atoms with Crippen LogP contribution in [0.3, 0.4) is 0 Å². The number of thiophene rings is 1. The molecule has 1 aliphatic carbocycles. The molecular weight excluding hydrogens is 346 g/mol. The number of para-hydroxylation sites is 1. The van der Waals surface area contributed by atoms with Gasteiger partial charge in [-0.3, -0.25) is 4.79 Å². The van der Waals surface area contributed by atoms with Crippen molar-refractivity contribution in [2.75, 3.05) is 5.32 Å². The zero-order valence-corrected chi connectivity index (χ0v) is 16.4. The third-order valence-corrected chi connectivity index (χ3v) is 7.45. The second-order valence-electron chi connectivity index (χ2n) is 6.96. The van der Waals surface area contributed by atoms with Crippen molar-refractivity contribution in [3.05, 3.63) is 55.6 Å². The van der Waals surface area contributed by atoms with Gasteiger partial charge in [0.2, 0.25) is 0 Å². The smallest absolute Gasteiger partial charge is 0.262 e. The van der Waals surface area contributed by atoms with Crippen molar-refractivity contribution in [3.63, 3.8) is 0 Å². The molecule has 1 N–H and O–H groups in total. The van der Waals surface area contributed by atoms with Crippen molar-refractivity contribution < 1.29 is 4.79 Å². The van der Waals surface area contributed by atoms with Crippen LogP contribution in [-0.4, -0.2) is 5.91 Å². The van der Waals surface area contributed by atoms with Gasteiger partial charge in [-0.15, -0.1) is 23.1 Å². The third-order valence-electron chi connectivity index (χ3n) is 5.16. The highest BCUT2D eigenvalue weighted by Gasteiger charge is 2.27. The first kappa shape index (κ1) is 16.9. The fourth-order valence-electron chi connectivity index (χ4n) is 3.69. The Labute approximate surface area is 157 Å². The van der Waals surface area contributed by atoms with Gasteiger partial charge in [0.25, 0.3) is 5.91 Å². The van der Waals surface area contributed by atoms with Crippen LogP contribution in [0, 0.1) is 5.92 Å². The lowest BCUT2D eigenvalue weighted by molar-refractivity contribution is -0.112. The Balaban J connectivity index is 1.58. The molecule has 4 heteroatoms. The predicted octanol–water partition coefficient (Wildman–Crippen LogP) is 5.66. The molecule has 4 rings (SSSR count). The molecule has 0 radical (unpaired) electrons. The van der Waals surface area contributed by atoms with Crippen LogP contribution in [0.25, 0.3) is 6.08 Å². The average molecular weight is 370 g/mol. The summed E-state index contributed by atoms with van der Waals surface area (Å²) in [7, 11) is 0. The topological polar surface area (TPSA) is 29.1 Å². The summed E-state index contributed by atoms with van der Waals surface area (Å²) in [6.07, 6.45) is 6.74. The van der Waals surface area contributed by atoms with E-state index in [1.807, 2.05) is 29.5 Å². The molecule has 2 heterocycles. The minimum atomic E-state index is 0.0243. The quantitative estimate of drug-likeness (QED) is 0.756. The number of carbonyl (C=O) groups is 1. The number of hydrogen-bond donors (Lipinski definition) is 1. The molecule has 1 aromatic heterocycles. The van der Waals surface area contributed by atoms with Crippen molar-refractivity contribution >= 4 is 40.8 Å². The molecule has 0 saturated heterocycles. The first-order chi connectivity index (χ1) is 12.2. The summed E-state index contributed by atoms with van der Waals surface area (Å²) >= 11 is 3.59. The van der Waals surface area contributed by atoms with Gasteiger partial charge in [-0.25, -0.2) is 0 Å². The molecule has 1 unspecified atom stereocenters.